The van der Waals surface area contributed by atoms with E-state index in [2.05, 4.69) is 15.4 Å². The van der Waals surface area contributed by atoms with E-state index in [0.717, 1.165) is 0 Å². The van der Waals surface area contributed by atoms with Gasteiger partial charge in [-0.25, -0.2) is 9.07 Å². The van der Waals surface area contributed by atoms with Crippen LogP contribution in [0.2, 0.25) is 0 Å². The van der Waals surface area contributed by atoms with Gasteiger partial charge >= 0.3 is 6.01 Å². The molecule has 3 aromatic rings. The van der Waals surface area contributed by atoms with E-state index < -0.39 is 5.41 Å². The molecule has 0 saturated heterocycles. The smallest absolute Gasteiger partial charge is 0.336 e. The molecule has 1 heterocycles. The Labute approximate surface area is 180 Å². The van der Waals surface area contributed by atoms with Crippen LogP contribution in [-0.2, 0) is 4.79 Å². The van der Waals surface area contributed by atoms with Crippen LogP contribution < -0.4 is 10.1 Å². The average molecular weight is 431 g/mol. The highest BCUT2D eigenvalue weighted by Gasteiger charge is 2.26. The zero-order valence-electron chi connectivity index (χ0n) is 17.3. The van der Waals surface area contributed by atoms with E-state index in [1.807, 2.05) is 13.8 Å². The first-order chi connectivity index (χ1) is 14.2. The molecule has 0 saturated carbocycles. The molecular weight excluding hydrogens is 407 g/mol. The van der Waals surface area contributed by atoms with Crippen LogP contribution >= 0.6 is 11.6 Å². The summed E-state index contributed by atoms with van der Waals surface area (Å²) in [5, 5.41) is 7.28. The molecular formula is C22H24ClFN4O2. The van der Waals surface area contributed by atoms with Gasteiger partial charge in [-0.05, 0) is 64.1 Å². The standard InChI is InChI=1S/C22H24ClFN4O2/c1-14(2)30-21-26-19(15-6-5-7-16(24)12-15)28(27-21)18-10-8-17(9-11-18)25-20(29)22(3,4)13-23/h5-12,14H,13H2,1-4H3,(H,25,29). The highest BCUT2D eigenvalue weighted by atomic mass is 35.5. The number of benzene rings is 2. The zero-order valence-corrected chi connectivity index (χ0v) is 18.1. The first-order valence-corrected chi connectivity index (χ1v) is 10.1. The summed E-state index contributed by atoms with van der Waals surface area (Å²) in [5.41, 5.74) is 1.21. The number of aromatic nitrogens is 3. The number of amides is 1. The van der Waals surface area contributed by atoms with Crippen LogP contribution in [0.5, 0.6) is 6.01 Å². The van der Waals surface area contributed by atoms with E-state index in [1.165, 1.54) is 12.1 Å². The van der Waals surface area contributed by atoms with Crippen LogP contribution in [0.4, 0.5) is 10.1 Å². The SMILES string of the molecule is CC(C)Oc1nc(-c2cccc(F)c2)n(-c2ccc(NC(=O)C(C)(C)CCl)cc2)n1. The van der Waals surface area contributed by atoms with Crippen molar-refractivity contribution in [1.29, 1.82) is 0 Å². The molecule has 2 aromatic carbocycles. The Morgan fingerprint density at radius 3 is 2.53 bits per heavy atom. The summed E-state index contributed by atoms with van der Waals surface area (Å²) in [6, 6.07) is 13.4. The number of nitrogens with zero attached hydrogens (tertiary/aromatic N) is 3. The van der Waals surface area contributed by atoms with Crippen molar-refractivity contribution in [2.45, 2.75) is 33.8 Å². The van der Waals surface area contributed by atoms with Gasteiger partial charge in [-0.1, -0.05) is 12.1 Å². The van der Waals surface area contributed by atoms with Crippen LogP contribution in [0.25, 0.3) is 17.1 Å². The monoisotopic (exact) mass is 430 g/mol. The molecule has 1 N–H and O–H groups in total. The van der Waals surface area contributed by atoms with E-state index in [-0.39, 0.29) is 29.7 Å². The topological polar surface area (TPSA) is 69.0 Å². The van der Waals surface area contributed by atoms with Gasteiger partial charge in [0.05, 0.1) is 17.2 Å². The van der Waals surface area contributed by atoms with E-state index >= 15 is 0 Å². The zero-order chi connectivity index (χ0) is 21.9. The maximum absolute atomic E-state index is 13.8. The van der Waals surface area contributed by atoms with Crippen molar-refractivity contribution in [3.63, 3.8) is 0 Å². The van der Waals surface area contributed by atoms with Gasteiger partial charge in [0.25, 0.3) is 0 Å². The lowest BCUT2D eigenvalue weighted by Crippen LogP contribution is -2.32. The number of nitrogens with one attached hydrogen (secondary N) is 1. The van der Waals surface area contributed by atoms with Gasteiger partial charge in [-0.2, -0.15) is 4.98 Å². The lowest BCUT2D eigenvalue weighted by molar-refractivity contribution is -0.122. The number of halogens is 2. The molecule has 158 valence electrons. The Bertz CT molecular complexity index is 1030. The van der Waals surface area contributed by atoms with Crippen LogP contribution in [0.1, 0.15) is 27.7 Å². The van der Waals surface area contributed by atoms with Crippen molar-refractivity contribution in [2.24, 2.45) is 5.41 Å². The summed E-state index contributed by atoms with van der Waals surface area (Å²) in [5.74, 6) is 0.128. The minimum atomic E-state index is -0.681. The Morgan fingerprint density at radius 2 is 1.93 bits per heavy atom. The Balaban J connectivity index is 1.94. The lowest BCUT2D eigenvalue weighted by atomic mass is 9.95. The summed E-state index contributed by atoms with van der Waals surface area (Å²) in [4.78, 5) is 16.8. The molecule has 0 radical (unpaired) electrons. The second kappa shape index (κ2) is 8.83. The number of ether oxygens (including phenoxy) is 1. The van der Waals surface area contributed by atoms with Crippen molar-refractivity contribution in [1.82, 2.24) is 14.8 Å². The lowest BCUT2D eigenvalue weighted by Gasteiger charge is -2.20. The van der Waals surface area contributed by atoms with Gasteiger partial charge in [0.1, 0.15) is 5.82 Å². The molecule has 0 atom stereocenters. The fourth-order valence-electron chi connectivity index (χ4n) is 2.60. The molecule has 6 nitrogen and oxygen atoms in total. The molecule has 0 aliphatic heterocycles. The van der Waals surface area contributed by atoms with Crippen LogP contribution in [0, 0.1) is 11.2 Å². The second-order valence-electron chi connectivity index (χ2n) is 7.83. The van der Waals surface area contributed by atoms with E-state index in [1.54, 1.807) is 54.9 Å². The summed E-state index contributed by atoms with van der Waals surface area (Å²) in [6.07, 6.45) is -0.107. The van der Waals surface area contributed by atoms with Crippen molar-refractivity contribution < 1.29 is 13.9 Å². The third-order valence-electron chi connectivity index (χ3n) is 4.33. The molecule has 1 aromatic heterocycles. The second-order valence-corrected chi connectivity index (χ2v) is 8.09. The van der Waals surface area contributed by atoms with Gasteiger partial charge in [0.2, 0.25) is 5.91 Å². The minimum Gasteiger partial charge on any atom is -0.460 e. The molecule has 30 heavy (non-hydrogen) atoms. The third-order valence-corrected chi connectivity index (χ3v) is 5.00. The molecule has 0 aliphatic rings. The van der Waals surface area contributed by atoms with Crippen LogP contribution in [0.3, 0.4) is 0 Å². The quantitative estimate of drug-likeness (QED) is 0.531. The Morgan fingerprint density at radius 1 is 1.23 bits per heavy atom. The molecule has 8 heteroatoms. The maximum Gasteiger partial charge on any atom is 0.336 e. The fraction of sp³-hybridized carbons (Fsp3) is 0.318. The maximum atomic E-state index is 13.8. The molecule has 3 rings (SSSR count). The summed E-state index contributed by atoms with van der Waals surface area (Å²) in [7, 11) is 0. The van der Waals surface area contributed by atoms with E-state index in [0.29, 0.717) is 22.8 Å². The highest BCUT2D eigenvalue weighted by Crippen LogP contribution is 2.26. The van der Waals surface area contributed by atoms with Gasteiger partial charge < -0.3 is 10.1 Å². The number of hydrogen-bond donors (Lipinski definition) is 1. The predicted molar refractivity (Wildman–Crippen MR) is 116 cm³/mol. The van der Waals surface area contributed by atoms with Crippen molar-refractivity contribution in [2.75, 3.05) is 11.2 Å². The van der Waals surface area contributed by atoms with Gasteiger partial charge in [-0.3, -0.25) is 4.79 Å². The molecule has 0 bridgehead atoms. The molecule has 0 aliphatic carbocycles. The van der Waals surface area contributed by atoms with Crippen molar-refractivity contribution in [3.8, 4) is 23.1 Å². The summed E-state index contributed by atoms with van der Waals surface area (Å²) < 4.78 is 21.0. The summed E-state index contributed by atoms with van der Waals surface area (Å²) in [6.45, 7) is 7.31. The number of anilines is 1. The van der Waals surface area contributed by atoms with E-state index in [4.69, 9.17) is 16.3 Å². The van der Waals surface area contributed by atoms with Gasteiger partial charge in [0.15, 0.2) is 5.82 Å². The van der Waals surface area contributed by atoms with Crippen molar-refractivity contribution >= 4 is 23.2 Å². The number of rotatable bonds is 7. The Kier molecular flexibility index (Phi) is 6.41. The van der Waals surface area contributed by atoms with Gasteiger partial charge in [0, 0.05) is 17.1 Å². The van der Waals surface area contributed by atoms with Crippen molar-refractivity contribution in [3.05, 3.63) is 54.3 Å². The molecule has 1 amide bonds. The summed E-state index contributed by atoms with van der Waals surface area (Å²) >= 11 is 5.87. The highest BCUT2D eigenvalue weighted by molar-refractivity contribution is 6.20. The van der Waals surface area contributed by atoms with Crippen LogP contribution in [-0.4, -0.2) is 32.7 Å². The number of alkyl halides is 1. The van der Waals surface area contributed by atoms with E-state index in [9.17, 15) is 9.18 Å². The number of hydrogen-bond acceptors (Lipinski definition) is 4. The average Bonchev–Trinajstić information content (AvgIpc) is 3.11. The predicted octanol–water partition coefficient (Wildman–Crippen LogP) is 5.06. The van der Waals surface area contributed by atoms with Gasteiger partial charge in [-0.15, -0.1) is 16.7 Å². The number of carbonyl (C=O) groups is 1. The molecule has 0 fully saturated rings. The largest absolute Gasteiger partial charge is 0.460 e. The minimum absolute atomic E-state index is 0.107. The first kappa shape index (κ1) is 21.8. The fourth-order valence-corrected chi connectivity index (χ4v) is 2.72. The molecule has 0 spiro atoms. The normalized spacial score (nSPS) is 11.6. The number of carbonyl (C=O) groups excluding carboxylic acids is 1. The van der Waals surface area contributed by atoms with Crippen LogP contribution in [0.15, 0.2) is 48.5 Å². The first-order valence-electron chi connectivity index (χ1n) is 9.57. The Hall–Kier alpha value is -2.93. The third kappa shape index (κ3) is 4.97. The molecule has 0 unspecified atom stereocenters.